The molecule has 0 saturated carbocycles. The Labute approximate surface area is 107 Å². The Hall–Kier alpha value is -1.36. The minimum atomic E-state index is -0.254. The maximum atomic E-state index is 11.8. The second kappa shape index (κ2) is 5.31. The van der Waals surface area contributed by atoms with Crippen LogP contribution in [0, 0.1) is 0 Å². The van der Waals surface area contributed by atoms with Crippen molar-refractivity contribution in [2.24, 2.45) is 0 Å². The Morgan fingerprint density at radius 2 is 2.35 bits per heavy atom. The molecule has 0 aliphatic carbocycles. The molecule has 0 N–H and O–H groups in total. The number of ketones is 1. The van der Waals surface area contributed by atoms with Crippen LogP contribution in [-0.4, -0.2) is 25.5 Å². The van der Waals surface area contributed by atoms with Crippen molar-refractivity contribution in [1.82, 2.24) is 0 Å². The maximum absolute atomic E-state index is 11.8. The molecule has 17 heavy (non-hydrogen) atoms. The molecule has 1 heterocycles. The van der Waals surface area contributed by atoms with Gasteiger partial charge >= 0.3 is 0 Å². The van der Waals surface area contributed by atoms with Crippen LogP contribution in [0.2, 0.25) is 0 Å². The number of rotatable bonds is 4. The summed E-state index contributed by atoms with van der Waals surface area (Å²) in [6.45, 7) is 0.707. The lowest BCUT2D eigenvalue weighted by atomic mass is 9.89. The van der Waals surface area contributed by atoms with Gasteiger partial charge in [0.15, 0.2) is 5.78 Å². The average molecular weight is 299 g/mol. The summed E-state index contributed by atoms with van der Waals surface area (Å²) in [6, 6.07) is 5.59. The summed E-state index contributed by atoms with van der Waals surface area (Å²) >= 11 is 3.39. The third-order valence-electron chi connectivity index (χ3n) is 2.71. The molecule has 4 nitrogen and oxygen atoms in total. The fourth-order valence-corrected chi connectivity index (χ4v) is 2.42. The highest BCUT2D eigenvalue weighted by Crippen LogP contribution is 2.38. The molecule has 90 valence electrons. The normalized spacial score (nSPS) is 18.2. The minimum absolute atomic E-state index is 0.0186. The SMILES string of the molecule is O=COCCC1C(=O)COc2c(Br)cccc21. The number of ether oxygens (including phenoxy) is 2. The van der Waals surface area contributed by atoms with Gasteiger partial charge in [0, 0.05) is 5.56 Å². The Balaban J connectivity index is 2.24. The second-order valence-corrected chi connectivity index (χ2v) is 4.58. The van der Waals surface area contributed by atoms with Crippen LogP contribution in [0.3, 0.4) is 0 Å². The van der Waals surface area contributed by atoms with Gasteiger partial charge in [0.25, 0.3) is 6.47 Å². The van der Waals surface area contributed by atoms with E-state index in [-0.39, 0.29) is 24.9 Å². The molecule has 0 amide bonds. The van der Waals surface area contributed by atoms with E-state index < -0.39 is 0 Å². The Kier molecular flexibility index (Phi) is 3.78. The van der Waals surface area contributed by atoms with E-state index in [9.17, 15) is 9.59 Å². The van der Waals surface area contributed by atoms with E-state index in [1.54, 1.807) is 0 Å². The van der Waals surface area contributed by atoms with Gasteiger partial charge in [0.2, 0.25) is 0 Å². The summed E-state index contributed by atoms with van der Waals surface area (Å²) in [7, 11) is 0. The quantitative estimate of drug-likeness (QED) is 0.631. The van der Waals surface area contributed by atoms with Crippen LogP contribution in [0.1, 0.15) is 17.9 Å². The predicted octanol–water partition coefficient (Wildman–Crippen LogP) is 2.06. The molecule has 0 radical (unpaired) electrons. The summed E-state index contributed by atoms with van der Waals surface area (Å²) in [5.74, 6) is 0.476. The van der Waals surface area contributed by atoms with Gasteiger partial charge < -0.3 is 9.47 Å². The van der Waals surface area contributed by atoms with Crippen LogP contribution in [0.25, 0.3) is 0 Å². The molecule has 0 aromatic heterocycles. The van der Waals surface area contributed by atoms with E-state index in [1.807, 2.05) is 18.2 Å². The van der Waals surface area contributed by atoms with E-state index in [1.165, 1.54) is 0 Å². The van der Waals surface area contributed by atoms with Crippen molar-refractivity contribution in [3.8, 4) is 5.75 Å². The van der Waals surface area contributed by atoms with Crippen LogP contribution in [-0.2, 0) is 14.3 Å². The third kappa shape index (κ3) is 2.49. The monoisotopic (exact) mass is 298 g/mol. The highest BCUT2D eigenvalue weighted by molar-refractivity contribution is 9.10. The van der Waals surface area contributed by atoms with Gasteiger partial charge in [0.1, 0.15) is 12.4 Å². The van der Waals surface area contributed by atoms with Gasteiger partial charge in [-0.1, -0.05) is 12.1 Å². The topological polar surface area (TPSA) is 52.6 Å². The van der Waals surface area contributed by atoms with E-state index in [0.717, 1.165) is 10.0 Å². The van der Waals surface area contributed by atoms with Crippen molar-refractivity contribution in [3.63, 3.8) is 0 Å². The zero-order valence-electron chi connectivity index (χ0n) is 9.02. The van der Waals surface area contributed by atoms with E-state index in [2.05, 4.69) is 20.7 Å². The fraction of sp³-hybridized carbons (Fsp3) is 0.333. The Morgan fingerprint density at radius 1 is 1.53 bits per heavy atom. The van der Waals surface area contributed by atoms with Gasteiger partial charge in [-0.2, -0.15) is 0 Å². The van der Waals surface area contributed by atoms with Crippen molar-refractivity contribution in [2.45, 2.75) is 12.3 Å². The molecule has 2 rings (SSSR count). The van der Waals surface area contributed by atoms with Gasteiger partial charge in [-0.05, 0) is 28.4 Å². The van der Waals surface area contributed by atoms with Crippen LogP contribution >= 0.6 is 15.9 Å². The average Bonchev–Trinajstić information content (AvgIpc) is 2.32. The first kappa shape index (κ1) is 12.1. The van der Waals surface area contributed by atoms with E-state index >= 15 is 0 Å². The van der Waals surface area contributed by atoms with Crippen molar-refractivity contribution >= 4 is 28.2 Å². The number of fused-ring (bicyclic) bond motifs is 1. The molecule has 0 spiro atoms. The number of para-hydroxylation sites is 1. The second-order valence-electron chi connectivity index (χ2n) is 3.72. The number of benzene rings is 1. The number of hydrogen-bond donors (Lipinski definition) is 0. The van der Waals surface area contributed by atoms with Crippen molar-refractivity contribution in [2.75, 3.05) is 13.2 Å². The first-order chi connectivity index (χ1) is 8.24. The zero-order valence-corrected chi connectivity index (χ0v) is 10.6. The number of carbonyl (C=O) groups is 2. The molecule has 0 bridgehead atoms. The molecular weight excluding hydrogens is 288 g/mol. The molecule has 1 aliphatic rings. The molecule has 0 saturated heterocycles. The van der Waals surface area contributed by atoms with Crippen molar-refractivity contribution in [3.05, 3.63) is 28.2 Å². The number of halogens is 1. The number of carbonyl (C=O) groups excluding carboxylic acids is 2. The first-order valence-electron chi connectivity index (χ1n) is 5.23. The summed E-state index contributed by atoms with van der Waals surface area (Å²) in [4.78, 5) is 21.9. The molecule has 1 atom stereocenters. The maximum Gasteiger partial charge on any atom is 0.293 e. The molecular formula is C12H11BrO4. The molecule has 1 unspecified atom stereocenters. The largest absolute Gasteiger partial charge is 0.484 e. The highest BCUT2D eigenvalue weighted by Gasteiger charge is 2.29. The highest BCUT2D eigenvalue weighted by atomic mass is 79.9. The van der Waals surface area contributed by atoms with Crippen LogP contribution < -0.4 is 4.74 Å². The van der Waals surface area contributed by atoms with Crippen molar-refractivity contribution < 1.29 is 19.1 Å². The molecule has 5 heteroatoms. The Bertz CT molecular complexity index is 444. The van der Waals surface area contributed by atoms with Crippen LogP contribution in [0.5, 0.6) is 5.75 Å². The van der Waals surface area contributed by atoms with Gasteiger partial charge in [-0.3, -0.25) is 9.59 Å². The van der Waals surface area contributed by atoms with Crippen molar-refractivity contribution in [1.29, 1.82) is 0 Å². The Morgan fingerprint density at radius 3 is 3.12 bits per heavy atom. The van der Waals surface area contributed by atoms with E-state index in [0.29, 0.717) is 18.6 Å². The smallest absolute Gasteiger partial charge is 0.293 e. The third-order valence-corrected chi connectivity index (χ3v) is 3.34. The lowest BCUT2D eigenvalue weighted by molar-refractivity contribution is -0.130. The molecule has 1 aromatic rings. The van der Waals surface area contributed by atoms with Gasteiger partial charge in [-0.25, -0.2) is 0 Å². The molecule has 0 fully saturated rings. The van der Waals surface area contributed by atoms with Crippen LogP contribution in [0.15, 0.2) is 22.7 Å². The first-order valence-corrected chi connectivity index (χ1v) is 6.02. The minimum Gasteiger partial charge on any atom is -0.484 e. The van der Waals surface area contributed by atoms with Gasteiger partial charge in [-0.15, -0.1) is 0 Å². The molecule has 1 aromatic carbocycles. The summed E-state index contributed by atoms with van der Waals surface area (Å²) in [5, 5.41) is 0. The number of hydrogen-bond acceptors (Lipinski definition) is 4. The summed E-state index contributed by atoms with van der Waals surface area (Å²) in [5.41, 5.74) is 0.852. The summed E-state index contributed by atoms with van der Waals surface area (Å²) in [6.07, 6.45) is 0.490. The van der Waals surface area contributed by atoms with E-state index in [4.69, 9.17) is 4.74 Å². The fourth-order valence-electron chi connectivity index (χ4n) is 1.92. The zero-order chi connectivity index (χ0) is 12.3. The van der Waals surface area contributed by atoms with Crippen LogP contribution in [0.4, 0.5) is 0 Å². The lowest BCUT2D eigenvalue weighted by Gasteiger charge is -2.25. The predicted molar refractivity (Wildman–Crippen MR) is 64.0 cm³/mol. The summed E-state index contributed by atoms with van der Waals surface area (Å²) < 4.78 is 10.9. The van der Waals surface area contributed by atoms with Gasteiger partial charge in [0.05, 0.1) is 17.0 Å². The number of Topliss-reactive ketones (excluding diaryl/α,β-unsaturated/α-hetero) is 1. The lowest BCUT2D eigenvalue weighted by Crippen LogP contribution is -2.27. The standard InChI is InChI=1S/C12H11BrO4/c13-10-3-1-2-9-8(4-5-16-7-14)11(15)6-17-12(9)10/h1-3,7-8H,4-6H2. The molecule has 1 aliphatic heterocycles.